The highest BCUT2D eigenvalue weighted by Gasteiger charge is 2.26. The Hall–Kier alpha value is -2.29. The van der Waals surface area contributed by atoms with Gasteiger partial charge in [0.25, 0.3) is 11.2 Å². The van der Waals surface area contributed by atoms with Gasteiger partial charge in [0.1, 0.15) is 11.6 Å². The first kappa shape index (κ1) is 15.6. The van der Waals surface area contributed by atoms with E-state index in [0.717, 1.165) is 24.6 Å². The van der Waals surface area contributed by atoms with E-state index in [0.29, 0.717) is 17.8 Å². The molecule has 1 aliphatic rings. The zero-order valence-corrected chi connectivity index (χ0v) is 12.5. The number of benzene rings is 1. The Morgan fingerprint density at radius 2 is 1.96 bits per heavy atom. The maximum Gasteiger partial charge on any atom is 0.275 e. The Labute approximate surface area is 133 Å². The predicted octanol–water partition coefficient (Wildman–Crippen LogP) is 3.13. The van der Waals surface area contributed by atoms with Gasteiger partial charge in [0, 0.05) is 23.3 Å². The fourth-order valence-corrected chi connectivity index (χ4v) is 2.98. The summed E-state index contributed by atoms with van der Waals surface area (Å²) in [5.74, 6) is -1.84. The monoisotopic (exact) mass is 339 g/mol. The lowest BCUT2D eigenvalue weighted by Crippen LogP contribution is -2.09. The standard InChI is InChI=1S/C14H11F2N3O3S/c15-10-3-8(19(21)22)4-11(16)9(10)6-23-14-17-12(7-1-2-7)5-13(20)18-14/h3-5,7H,1-2,6H2,(H,17,18,20). The van der Waals surface area contributed by atoms with Crippen molar-refractivity contribution < 1.29 is 13.7 Å². The molecule has 0 bridgehead atoms. The van der Waals surface area contributed by atoms with Crippen molar-refractivity contribution >= 4 is 17.4 Å². The smallest absolute Gasteiger partial charge is 0.275 e. The van der Waals surface area contributed by atoms with Gasteiger partial charge in [-0.05, 0) is 12.8 Å². The summed E-state index contributed by atoms with van der Waals surface area (Å²) in [6.07, 6.45) is 1.96. The first-order valence-electron chi connectivity index (χ1n) is 6.80. The van der Waals surface area contributed by atoms with Gasteiger partial charge in [0.05, 0.1) is 22.7 Å². The van der Waals surface area contributed by atoms with Crippen LogP contribution in [-0.2, 0) is 5.75 Å². The summed E-state index contributed by atoms with van der Waals surface area (Å²) < 4.78 is 27.6. The minimum absolute atomic E-state index is 0.132. The highest BCUT2D eigenvalue weighted by Crippen LogP contribution is 2.38. The minimum atomic E-state index is -0.995. The van der Waals surface area contributed by atoms with Crippen LogP contribution in [0.1, 0.15) is 30.0 Å². The highest BCUT2D eigenvalue weighted by atomic mass is 32.2. The summed E-state index contributed by atoms with van der Waals surface area (Å²) in [6, 6.07) is 2.78. The second-order valence-electron chi connectivity index (χ2n) is 5.18. The molecule has 0 amide bonds. The topological polar surface area (TPSA) is 88.9 Å². The third-order valence-corrected chi connectivity index (χ3v) is 4.33. The quantitative estimate of drug-likeness (QED) is 0.391. The van der Waals surface area contributed by atoms with Gasteiger partial charge in [0.2, 0.25) is 0 Å². The molecule has 1 N–H and O–H groups in total. The van der Waals surface area contributed by atoms with Crippen LogP contribution in [0.25, 0.3) is 0 Å². The van der Waals surface area contributed by atoms with Crippen LogP contribution in [0.4, 0.5) is 14.5 Å². The van der Waals surface area contributed by atoms with Gasteiger partial charge in [-0.1, -0.05) is 11.8 Å². The van der Waals surface area contributed by atoms with Crippen molar-refractivity contribution in [2.75, 3.05) is 0 Å². The number of nitrogens with one attached hydrogen (secondary N) is 1. The van der Waals surface area contributed by atoms with Gasteiger partial charge in [0.15, 0.2) is 5.16 Å². The number of aromatic amines is 1. The van der Waals surface area contributed by atoms with E-state index in [-0.39, 0.29) is 27.9 Å². The molecule has 0 saturated heterocycles. The van der Waals surface area contributed by atoms with Crippen LogP contribution >= 0.6 is 11.8 Å². The molecular weight excluding hydrogens is 328 g/mol. The maximum absolute atomic E-state index is 13.8. The normalized spacial score (nSPS) is 14.0. The number of nitro groups is 1. The Morgan fingerprint density at radius 3 is 2.52 bits per heavy atom. The molecule has 23 heavy (non-hydrogen) atoms. The molecular formula is C14H11F2N3O3S. The molecule has 120 valence electrons. The molecule has 1 heterocycles. The number of nitro benzene ring substituents is 1. The molecule has 6 nitrogen and oxygen atoms in total. The van der Waals surface area contributed by atoms with Crippen molar-refractivity contribution in [3.05, 3.63) is 61.6 Å². The number of aromatic nitrogens is 2. The molecule has 0 atom stereocenters. The van der Waals surface area contributed by atoms with Gasteiger partial charge >= 0.3 is 0 Å². The zero-order chi connectivity index (χ0) is 16.6. The number of hydrogen-bond acceptors (Lipinski definition) is 5. The molecule has 0 unspecified atom stereocenters. The van der Waals surface area contributed by atoms with E-state index >= 15 is 0 Å². The number of hydrogen-bond donors (Lipinski definition) is 1. The van der Waals surface area contributed by atoms with Crippen LogP contribution in [0.15, 0.2) is 28.2 Å². The number of rotatable bonds is 5. The highest BCUT2D eigenvalue weighted by molar-refractivity contribution is 7.98. The van der Waals surface area contributed by atoms with E-state index < -0.39 is 22.2 Å². The van der Waals surface area contributed by atoms with Crippen LogP contribution in [0.2, 0.25) is 0 Å². The molecule has 0 aliphatic heterocycles. The first-order valence-corrected chi connectivity index (χ1v) is 7.79. The zero-order valence-electron chi connectivity index (χ0n) is 11.7. The van der Waals surface area contributed by atoms with Crippen molar-refractivity contribution in [3.63, 3.8) is 0 Å². The molecule has 1 aliphatic carbocycles. The van der Waals surface area contributed by atoms with Crippen molar-refractivity contribution in [1.29, 1.82) is 0 Å². The molecule has 1 saturated carbocycles. The van der Waals surface area contributed by atoms with Crippen LogP contribution < -0.4 is 5.56 Å². The second-order valence-corrected chi connectivity index (χ2v) is 6.15. The number of halogens is 2. The third-order valence-electron chi connectivity index (χ3n) is 3.43. The van der Waals surface area contributed by atoms with Crippen molar-refractivity contribution in [2.45, 2.75) is 29.7 Å². The van der Waals surface area contributed by atoms with Gasteiger partial charge in [-0.25, -0.2) is 13.8 Å². The van der Waals surface area contributed by atoms with Gasteiger partial charge in [-0.3, -0.25) is 14.9 Å². The van der Waals surface area contributed by atoms with Crippen molar-refractivity contribution in [2.24, 2.45) is 0 Å². The molecule has 3 rings (SSSR count). The lowest BCUT2D eigenvalue weighted by Gasteiger charge is -2.06. The molecule has 0 radical (unpaired) electrons. The summed E-state index contributed by atoms with van der Waals surface area (Å²) in [5, 5.41) is 10.8. The Morgan fingerprint density at radius 1 is 1.30 bits per heavy atom. The lowest BCUT2D eigenvalue weighted by molar-refractivity contribution is -0.385. The Bertz CT molecular complexity index is 813. The maximum atomic E-state index is 13.8. The lowest BCUT2D eigenvalue weighted by atomic mass is 10.2. The second kappa shape index (κ2) is 6.07. The average Bonchev–Trinajstić information content (AvgIpc) is 3.30. The molecule has 2 aromatic rings. The van der Waals surface area contributed by atoms with Gasteiger partial charge < -0.3 is 4.98 Å². The third kappa shape index (κ3) is 3.55. The Kier molecular flexibility index (Phi) is 4.12. The number of H-pyrrole nitrogens is 1. The largest absolute Gasteiger partial charge is 0.301 e. The van der Waals surface area contributed by atoms with E-state index in [1.54, 1.807) is 0 Å². The first-order chi connectivity index (χ1) is 10.9. The summed E-state index contributed by atoms with van der Waals surface area (Å²) in [4.78, 5) is 28.1. The number of non-ortho nitro benzene ring substituents is 1. The fourth-order valence-electron chi connectivity index (χ4n) is 2.08. The number of nitrogens with zero attached hydrogens (tertiary/aromatic N) is 2. The molecule has 0 spiro atoms. The van der Waals surface area contributed by atoms with Crippen LogP contribution in [0.5, 0.6) is 0 Å². The Balaban J connectivity index is 1.81. The van der Waals surface area contributed by atoms with Crippen LogP contribution in [0.3, 0.4) is 0 Å². The minimum Gasteiger partial charge on any atom is -0.301 e. The van der Waals surface area contributed by atoms with E-state index in [9.17, 15) is 23.7 Å². The van der Waals surface area contributed by atoms with Crippen molar-refractivity contribution in [3.8, 4) is 0 Å². The van der Waals surface area contributed by atoms with E-state index in [1.807, 2.05) is 0 Å². The molecule has 9 heteroatoms. The SMILES string of the molecule is O=c1cc(C2CC2)nc(SCc2c(F)cc([N+](=O)[O-])cc2F)[nH]1. The van der Waals surface area contributed by atoms with E-state index in [4.69, 9.17) is 0 Å². The van der Waals surface area contributed by atoms with Crippen LogP contribution in [0, 0.1) is 21.7 Å². The average molecular weight is 339 g/mol. The molecule has 1 aromatic carbocycles. The summed E-state index contributed by atoms with van der Waals surface area (Å²) in [7, 11) is 0. The van der Waals surface area contributed by atoms with Gasteiger partial charge in [-0.2, -0.15) is 0 Å². The molecule has 1 aromatic heterocycles. The van der Waals surface area contributed by atoms with E-state index in [2.05, 4.69) is 9.97 Å². The predicted molar refractivity (Wildman–Crippen MR) is 79.4 cm³/mol. The fraction of sp³-hybridized carbons (Fsp3) is 0.286. The van der Waals surface area contributed by atoms with Crippen molar-refractivity contribution in [1.82, 2.24) is 9.97 Å². The summed E-state index contributed by atoms with van der Waals surface area (Å²) in [5.41, 5.74) is -0.564. The summed E-state index contributed by atoms with van der Waals surface area (Å²) >= 11 is 0.973. The summed E-state index contributed by atoms with van der Waals surface area (Å²) in [6.45, 7) is 0. The molecule has 1 fully saturated rings. The van der Waals surface area contributed by atoms with Crippen LogP contribution in [-0.4, -0.2) is 14.9 Å². The number of thioether (sulfide) groups is 1. The van der Waals surface area contributed by atoms with Gasteiger partial charge in [-0.15, -0.1) is 0 Å². The van der Waals surface area contributed by atoms with E-state index in [1.165, 1.54) is 6.07 Å².